The molecule has 2 aliphatic rings. The lowest BCUT2D eigenvalue weighted by molar-refractivity contribution is 0.0709. The largest absolute Gasteiger partial charge is 0.485 e. The molecular formula is C22H27N3O4S. The zero-order valence-corrected chi connectivity index (χ0v) is 18.1. The molecule has 30 heavy (non-hydrogen) atoms. The van der Waals surface area contributed by atoms with Crippen LogP contribution in [-0.2, 0) is 10.0 Å². The standard InChI is InChI=1S/C22H27N3O4S/c1-3-24-16-19(29-21-11-5-4-10-20(21)24)15-23(2)22(26)17-8-6-9-18(14-17)25-12-7-13-30(25,27)28/h4-6,8-11,14,19H,3,7,12-13,15-16H2,1-2H3. The maximum Gasteiger partial charge on any atom is 0.253 e. The first-order chi connectivity index (χ1) is 14.4. The number of anilines is 2. The lowest BCUT2D eigenvalue weighted by Crippen LogP contribution is -2.46. The van der Waals surface area contributed by atoms with Gasteiger partial charge in [0.25, 0.3) is 5.91 Å². The Kier molecular flexibility index (Phi) is 5.60. The van der Waals surface area contributed by atoms with Gasteiger partial charge in [-0.15, -0.1) is 0 Å². The predicted molar refractivity (Wildman–Crippen MR) is 118 cm³/mol. The van der Waals surface area contributed by atoms with Crippen LogP contribution in [0.3, 0.4) is 0 Å². The van der Waals surface area contributed by atoms with Crippen molar-refractivity contribution < 1.29 is 17.9 Å². The third kappa shape index (κ3) is 3.96. The van der Waals surface area contributed by atoms with Crippen LogP contribution in [0.15, 0.2) is 48.5 Å². The van der Waals surface area contributed by atoms with Crippen LogP contribution in [0.5, 0.6) is 5.75 Å². The predicted octanol–water partition coefficient (Wildman–Crippen LogP) is 2.59. The third-order valence-electron chi connectivity index (χ3n) is 5.61. The Morgan fingerprint density at radius 2 is 2.00 bits per heavy atom. The molecule has 1 amide bonds. The SMILES string of the molecule is CCN1CC(CN(C)C(=O)c2cccc(N3CCCS3(=O)=O)c2)Oc2ccccc21. The number of ether oxygens (including phenoxy) is 1. The summed E-state index contributed by atoms with van der Waals surface area (Å²) in [6.07, 6.45) is 0.463. The van der Waals surface area contributed by atoms with E-state index in [4.69, 9.17) is 4.74 Å². The summed E-state index contributed by atoms with van der Waals surface area (Å²) in [5, 5.41) is 0. The molecule has 0 bridgehead atoms. The van der Waals surface area contributed by atoms with E-state index in [9.17, 15) is 13.2 Å². The van der Waals surface area contributed by atoms with Gasteiger partial charge in [-0.2, -0.15) is 0 Å². The van der Waals surface area contributed by atoms with Crippen molar-refractivity contribution in [1.82, 2.24) is 4.90 Å². The number of benzene rings is 2. The van der Waals surface area contributed by atoms with Crippen LogP contribution in [0.4, 0.5) is 11.4 Å². The van der Waals surface area contributed by atoms with Crippen LogP contribution in [0.2, 0.25) is 0 Å². The second kappa shape index (κ2) is 8.18. The van der Waals surface area contributed by atoms with E-state index in [1.807, 2.05) is 24.3 Å². The van der Waals surface area contributed by atoms with E-state index in [1.165, 1.54) is 4.31 Å². The average molecular weight is 430 g/mol. The first kappa shape index (κ1) is 20.5. The Morgan fingerprint density at radius 1 is 1.20 bits per heavy atom. The Hall–Kier alpha value is -2.74. The molecule has 2 aromatic rings. The highest BCUT2D eigenvalue weighted by Gasteiger charge is 2.30. The Balaban J connectivity index is 1.48. The summed E-state index contributed by atoms with van der Waals surface area (Å²) in [4.78, 5) is 16.9. The minimum absolute atomic E-state index is 0.143. The minimum Gasteiger partial charge on any atom is -0.485 e. The van der Waals surface area contributed by atoms with Crippen molar-refractivity contribution in [2.45, 2.75) is 19.4 Å². The van der Waals surface area contributed by atoms with Gasteiger partial charge in [-0.3, -0.25) is 9.10 Å². The van der Waals surface area contributed by atoms with Gasteiger partial charge in [0.2, 0.25) is 10.0 Å². The fraction of sp³-hybridized carbons (Fsp3) is 0.409. The Morgan fingerprint density at radius 3 is 2.73 bits per heavy atom. The number of fused-ring (bicyclic) bond motifs is 1. The number of amides is 1. The van der Waals surface area contributed by atoms with Gasteiger partial charge in [0, 0.05) is 25.7 Å². The smallest absolute Gasteiger partial charge is 0.253 e. The zero-order valence-electron chi connectivity index (χ0n) is 17.3. The van der Waals surface area contributed by atoms with E-state index in [1.54, 1.807) is 36.2 Å². The lowest BCUT2D eigenvalue weighted by atomic mass is 10.1. The Labute approximate surface area is 177 Å². The number of sulfonamides is 1. The molecule has 0 aliphatic carbocycles. The monoisotopic (exact) mass is 429 g/mol. The summed E-state index contributed by atoms with van der Waals surface area (Å²) in [6, 6.07) is 14.8. The van der Waals surface area contributed by atoms with Crippen molar-refractivity contribution in [3.8, 4) is 5.75 Å². The number of carbonyl (C=O) groups excluding carboxylic acids is 1. The molecule has 0 aromatic heterocycles. The van der Waals surface area contributed by atoms with Gasteiger partial charge in [0.15, 0.2) is 0 Å². The number of nitrogens with zero attached hydrogens (tertiary/aromatic N) is 3. The number of rotatable bonds is 5. The summed E-state index contributed by atoms with van der Waals surface area (Å²) in [5.74, 6) is 0.830. The summed E-state index contributed by atoms with van der Waals surface area (Å²) in [7, 11) is -1.53. The number of para-hydroxylation sites is 2. The summed E-state index contributed by atoms with van der Waals surface area (Å²) < 4.78 is 31.9. The van der Waals surface area contributed by atoms with Crippen molar-refractivity contribution in [1.29, 1.82) is 0 Å². The molecule has 160 valence electrons. The van der Waals surface area contributed by atoms with Gasteiger partial charge in [0.1, 0.15) is 11.9 Å². The molecule has 0 spiro atoms. The molecule has 8 heteroatoms. The average Bonchev–Trinajstić information content (AvgIpc) is 3.11. The van der Waals surface area contributed by atoms with E-state index in [-0.39, 0.29) is 17.8 Å². The van der Waals surface area contributed by atoms with E-state index >= 15 is 0 Å². The van der Waals surface area contributed by atoms with Crippen LogP contribution in [0.1, 0.15) is 23.7 Å². The number of carbonyl (C=O) groups is 1. The van der Waals surface area contributed by atoms with Crippen LogP contribution in [0.25, 0.3) is 0 Å². The minimum atomic E-state index is -3.28. The number of likely N-dealkylation sites (N-methyl/N-ethyl adjacent to an activating group) is 2. The number of hydrogen-bond donors (Lipinski definition) is 0. The van der Waals surface area contributed by atoms with Crippen LogP contribution < -0.4 is 13.9 Å². The molecule has 1 atom stereocenters. The second-order valence-electron chi connectivity index (χ2n) is 7.72. The molecule has 1 unspecified atom stereocenters. The topological polar surface area (TPSA) is 70.2 Å². The van der Waals surface area contributed by atoms with Crippen LogP contribution in [0, 0.1) is 0 Å². The molecule has 2 heterocycles. The maximum atomic E-state index is 13.0. The van der Waals surface area contributed by atoms with E-state index < -0.39 is 10.0 Å². The van der Waals surface area contributed by atoms with Crippen molar-refractivity contribution >= 4 is 27.3 Å². The molecule has 2 aliphatic heterocycles. The molecule has 0 saturated carbocycles. The Bertz CT molecular complexity index is 1040. The first-order valence-electron chi connectivity index (χ1n) is 10.3. The van der Waals surface area contributed by atoms with E-state index in [0.29, 0.717) is 37.3 Å². The highest BCUT2D eigenvalue weighted by molar-refractivity contribution is 7.93. The summed E-state index contributed by atoms with van der Waals surface area (Å²) in [6.45, 7) is 4.57. The van der Waals surface area contributed by atoms with Crippen LogP contribution in [-0.4, -0.2) is 64.3 Å². The first-order valence-corrected chi connectivity index (χ1v) is 11.9. The second-order valence-corrected chi connectivity index (χ2v) is 9.74. The van der Waals surface area contributed by atoms with Gasteiger partial charge < -0.3 is 14.5 Å². The fourth-order valence-corrected chi connectivity index (χ4v) is 5.66. The molecule has 2 aromatic carbocycles. The molecule has 0 N–H and O–H groups in total. The zero-order chi connectivity index (χ0) is 21.3. The van der Waals surface area contributed by atoms with E-state index in [2.05, 4.69) is 11.8 Å². The summed E-state index contributed by atoms with van der Waals surface area (Å²) >= 11 is 0. The van der Waals surface area contributed by atoms with Gasteiger partial charge in [-0.25, -0.2) is 8.42 Å². The molecule has 4 rings (SSSR count). The quantitative estimate of drug-likeness (QED) is 0.731. The normalized spacial score (nSPS) is 19.9. The van der Waals surface area contributed by atoms with Crippen molar-refractivity contribution in [3.63, 3.8) is 0 Å². The number of hydrogen-bond acceptors (Lipinski definition) is 5. The van der Waals surface area contributed by atoms with Gasteiger partial charge >= 0.3 is 0 Å². The van der Waals surface area contributed by atoms with Gasteiger partial charge in [-0.05, 0) is 43.7 Å². The lowest BCUT2D eigenvalue weighted by Gasteiger charge is -2.37. The molecular weight excluding hydrogens is 402 g/mol. The van der Waals surface area contributed by atoms with E-state index in [0.717, 1.165) is 18.0 Å². The third-order valence-corrected chi connectivity index (χ3v) is 7.48. The molecule has 7 nitrogen and oxygen atoms in total. The van der Waals surface area contributed by atoms with Crippen molar-refractivity contribution in [3.05, 3.63) is 54.1 Å². The van der Waals surface area contributed by atoms with Gasteiger partial charge in [0.05, 0.1) is 30.2 Å². The fourth-order valence-electron chi connectivity index (χ4n) is 4.11. The highest BCUT2D eigenvalue weighted by atomic mass is 32.2. The highest BCUT2D eigenvalue weighted by Crippen LogP contribution is 2.33. The molecule has 1 saturated heterocycles. The summed E-state index contributed by atoms with van der Waals surface area (Å²) in [5.41, 5.74) is 2.09. The molecule has 1 fully saturated rings. The van der Waals surface area contributed by atoms with Crippen molar-refractivity contribution in [2.24, 2.45) is 0 Å². The van der Waals surface area contributed by atoms with Gasteiger partial charge in [-0.1, -0.05) is 18.2 Å². The van der Waals surface area contributed by atoms with Crippen molar-refractivity contribution in [2.75, 3.05) is 48.2 Å². The maximum absolute atomic E-state index is 13.0. The molecule has 0 radical (unpaired) electrons. The van der Waals surface area contributed by atoms with Crippen LogP contribution >= 0.6 is 0 Å².